The van der Waals surface area contributed by atoms with E-state index in [0.29, 0.717) is 29.4 Å². The molecule has 0 aliphatic carbocycles. The first-order chi connectivity index (χ1) is 11.7. The highest BCUT2D eigenvalue weighted by atomic mass is 16.5. The van der Waals surface area contributed by atoms with Gasteiger partial charge in [-0.3, -0.25) is 4.79 Å². The quantitative estimate of drug-likeness (QED) is 0.627. The van der Waals surface area contributed by atoms with Crippen molar-refractivity contribution in [1.82, 2.24) is 5.43 Å². The van der Waals surface area contributed by atoms with Crippen molar-refractivity contribution in [2.75, 3.05) is 20.8 Å². The van der Waals surface area contributed by atoms with Crippen LogP contribution in [0.25, 0.3) is 0 Å². The summed E-state index contributed by atoms with van der Waals surface area (Å²) in [7, 11) is 3.09. The van der Waals surface area contributed by atoms with E-state index in [1.165, 1.54) is 13.3 Å². The van der Waals surface area contributed by atoms with E-state index in [0.717, 1.165) is 5.56 Å². The number of nitrogens with zero attached hydrogens (tertiary/aromatic N) is 1. The van der Waals surface area contributed by atoms with Crippen molar-refractivity contribution in [2.24, 2.45) is 5.10 Å². The lowest BCUT2D eigenvalue weighted by atomic mass is 10.2. The zero-order valence-electron chi connectivity index (χ0n) is 13.9. The van der Waals surface area contributed by atoms with Crippen LogP contribution in [0.5, 0.6) is 17.2 Å². The topological polar surface area (TPSA) is 69.2 Å². The summed E-state index contributed by atoms with van der Waals surface area (Å²) < 4.78 is 15.9. The third-order valence-corrected chi connectivity index (χ3v) is 3.22. The van der Waals surface area contributed by atoms with Crippen LogP contribution in [0.3, 0.4) is 0 Å². The molecule has 24 heavy (non-hydrogen) atoms. The number of ether oxygens (including phenoxy) is 3. The molecule has 1 amide bonds. The third-order valence-electron chi connectivity index (χ3n) is 3.22. The van der Waals surface area contributed by atoms with Gasteiger partial charge < -0.3 is 14.2 Å². The van der Waals surface area contributed by atoms with Crippen LogP contribution in [0.4, 0.5) is 0 Å². The fourth-order valence-electron chi connectivity index (χ4n) is 2.10. The summed E-state index contributed by atoms with van der Waals surface area (Å²) in [5, 5.41) is 3.97. The largest absolute Gasteiger partial charge is 0.496 e. The number of nitrogens with one attached hydrogen (secondary N) is 1. The van der Waals surface area contributed by atoms with Gasteiger partial charge in [0, 0.05) is 0 Å². The van der Waals surface area contributed by atoms with E-state index in [1.54, 1.807) is 43.5 Å². The van der Waals surface area contributed by atoms with Gasteiger partial charge in [-0.2, -0.15) is 5.10 Å². The number of benzene rings is 2. The Morgan fingerprint density at radius 3 is 2.54 bits per heavy atom. The zero-order valence-corrected chi connectivity index (χ0v) is 13.9. The molecule has 1 N–H and O–H groups in total. The normalized spacial score (nSPS) is 10.5. The van der Waals surface area contributed by atoms with Crippen LogP contribution >= 0.6 is 0 Å². The summed E-state index contributed by atoms with van der Waals surface area (Å²) in [5.41, 5.74) is 3.67. The number of carbonyl (C=O) groups is 1. The smallest absolute Gasteiger partial charge is 0.275 e. The maximum absolute atomic E-state index is 12.1. The minimum absolute atomic E-state index is 0.346. The van der Waals surface area contributed by atoms with Crippen molar-refractivity contribution in [1.29, 1.82) is 0 Å². The Labute approximate surface area is 141 Å². The number of amides is 1. The van der Waals surface area contributed by atoms with Crippen LogP contribution in [-0.2, 0) is 0 Å². The van der Waals surface area contributed by atoms with Gasteiger partial charge in [0.1, 0.15) is 5.75 Å². The summed E-state index contributed by atoms with van der Waals surface area (Å²) in [5.74, 6) is 1.42. The Morgan fingerprint density at radius 2 is 1.83 bits per heavy atom. The molecule has 0 fully saturated rings. The molecule has 6 heteroatoms. The maximum atomic E-state index is 12.1. The molecular formula is C18H20N2O4. The molecule has 0 heterocycles. The molecule has 0 saturated carbocycles. The van der Waals surface area contributed by atoms with Gasteiger partial charge in [-0.1, -0.05) is 12.1 Å². The van der Waals surface area contributed by atoms with Crippen molar-refractivity contribution in [3.63, 3.8) is 0 Å². The van der Waals surface area contributed by atoms with Crippen molar-refractivity contribution in [2.45, 2.75) is 6.92 Å². The number of hydrazone groups is 1. The highest BCUT2D eigenvalue weighted by Crippen LogP contribution is 2.27. The Morgan fingerprint density at radius 1 is 1.08 bits per heavy atom. The lowest BCUT2D eigenvalue weighted by Crippen LogP contribution is -2.18. The monoisotopic (exact) mass is 328 g/mol. The second-order valence-corrected chi connectivity index (χ2v) is 4.74. The molecule has 0 atom stereocenters. The van der Waals surface area contributed by atoms with Crippen LogP contribution in [0, 0.1) is 0 Å². The molecule has 126 valence electrons. The molecule has 6 nitrogen and oxygen atoms in total. The lowest BCUT2D eigenvalue weighted by Gasteiger charge is -2.09. The first kappa shape index (κ1) is 17.3. The van der Waals surface area contributed by atoms with Gasteiger partial charge >= 0.3 is 0 Å². The van der Waals surface area contributed by atoms with Crippen LogP contribution < -0.4 is 19.6 Å². The van der Waals surface area contributed by atoms with Gasteiger partial charge in [0.25, 0.3) is 5.91 Å². The lowest BCUT2D eigenvalue weighted by molar-refractivity contribution is 0.0952. The molecular weight excluding hydrogens is 308 g/mol. The fourth-order valence-corrected chi connectivity index (χ4v) is 2.10. The number of methoxy groups -OCH3 is 2. The van der Waals surface area contributed by atoms with Gasteiger partial charge in [0.15, 0.2) is 11.5 Å². The average Bonchev–Trinajstić information content (AvgIpc) is 2.62. The Bertz CT molecular complexity index is 729. The summed E-state index contributed by atoms with van der Waals surface area (Å²) in [6, 6.07) is 12.4. The van der Waals surface area contributed by atoms with Crippen molar-refractivity contribution in [3.8, 4) is 17.2 Å². The summed E-state index contributed by atoms with van der Waals surface area (Å²) in [6.45, 7) is 2.46. The molecule has 2 rings (SSSR count). The minimum Gasteiger partial charge on any atom is -0.496 e. The standard InChI is InChI=1S/C18H20N2O4/c1-4-24-16-10-9-13(11-17(16)23-3)12-19-20-18(21)14-7-5-6-8-15(14)22-2/h5-12H,4H2,1-3H3,(H,20,21). The molecule has 0 aliphatic rings. The number of para-hydroxylation sites is 1. The SMILES string of the molecule is CCOc1ccc(C=NNC(=O)c2ccccc2OC)cc1OC. The van der Waals surface area contributed by atoms with E-state index in [2.05, 4.69) is 10.5 Å². The first-order valence-electron chi connectivity index (χ1n) is 7.46. The predicted molar refractivity (Wildman–Crippen MR) is 92.2 cm³/mol. The molecule has 0 radical (unpaired) electrons. The van der Waals surface area contributed by atoms with E-state index in [4.69, 9.17) is 14.2 Å². The summed E-state index contributed by atoms with van der Waals surface area (Å²) >= 11 is 0. The van der Waals surface area contributed by atoms with Crippen LogP contribution in [0.15, 0.2) is 47.6 Å². The first-order valence-corrected chi connectivity index (χ1v) is 7.46. The van der Waals surface area contributed by atoms with Gasteiger partial charge in [-0.05, 0) is 42.8 Å². The van der Waals surface area contributed by atoms with E-state index in [9.17, 15) is 4.79 Å². The van der Waals surface area contributed by atoms with E-state index >= 15 is 0 Å². The second kappa shape index (κ2) is 8.57. The number of hydrogen-bond donors (Lipinski definition) is 1. The average molecular weight is 328 g/mol. The molecule has 0 bridgehead atoms. The van der Waals surface area contributed by atoms with Crippen molar-refractivity contribution in [3.05, 3.63) is 53.6 Å². The minimum atomic E-state index is -0.346. The Hall–Kier alpha value is -3.02. The predicted octanol–water partition coefficient (Wildman–Crippen LogP) is 2.87. The molecule has 0 saturated heterocycles. The van der Waals surface area contributed by atoms with Crippen molar-refractivity contribution < 1.29 is 19.0 Å². The van der Waals surface area contributed by atoms with Crippen molar-refractivity contribution >= 4 is 12.1 Å². The van der Waals surface area contributed by atoms with Gasteiger partial charge in [-0.15, -0.1) is 0 Å². The molecule has 0 aromatic heterocycles. The third kappa shape index (κ3) is 4.25. The molecule has 0 aliphatic heterocycles. The van der Waals surface area contributed by atoms with Crippen LogP contribution in [-0.4, -0.2) is 32.9 Å². The maximum Gasteiger partial charge on any atom is 0.275 e. The molecule has 2 aromatic rings. The fraction of sp³-hybridized carbons (Fsp3) is 0.222. The highest BCUT2D eigenvalue weighted by molar-refractivity contribution is 5.97. The van der Waals surface area contributed by atoms with Gasteiger partial charge in [0.2, 0.25) is 0 Å². The number of rotatable bonds is 7. The Balaban J connectivity index is 2.07. The van der Waals surface area contributed by atoms with E-state index < -0.39 is 0 Å². The molecule has 2 aromatic carbocycles. The van der Waals surface area contributed by atoms with Crippen LogP contribution in [0.1, 0.15) is 22.8 Å². The van der Waals surface area contributed by atoms with Crippen LogP contribution in [0.2, 0.25) is 0 Å². The van der Waals surface area contributed by atoms with Gasteiger partial charge in [-0.25, -0.2) is 5.43 Å². The summed E-state index contributed by atoms with van der Waals surface area (Å²) in [4.78, 5) is 12.1. The molecule has 0 unspecified atom stereocenters. The van der Waals surface area contributed by atoms with E-state index in [-0.39, 0.29) is 5.91 Å². The number of carbonyl (C=O) groups excluding carboxylic acids is 1. The molecule has 0 spiro atoms. The van der Waals surface area contributed by atoms with E-state index in [1.807, 2.05) is 13.0 Å². The summed E-state index contributed by atoms with van der Waals surface area (Å²) in [6.07, 6.45) is 1.53. The zero-order chi connectivity index (χ0) is 17.4. The van der Waals surface area contributed by atoms with Gasteiger partial charge in [0.05, 0.1) is 32.6 Å². The Kier molecular flexibility index (Phi) is 6.19. The number of hydrogen-bond acceptors (Lipinski definition) is 5. The second-order valence-electron chi connectivity index (χ2n) is 4.74. The highest BCUT2D eigenvalue weighted by Gasteiger charge is 2.10.